The van der Waals surface area contributed by atoms with Crippen molar-refractivity contribution < 1.29 is 19.2 Å². The average molecular weight is 435 g/mol. The Morgan fingerprint density at radius 1 is 1.16 bits per heavy atom. The van der Waals surface area contributed by atoms with Gasteiger partial charge in [-0.15, -0.1) is 0 Å². The minimum atomic E-state index is -0.982. The first-order valence-corrected chi connectivity index (χ1v) is 10.6. The maximum absolute atomic E-state index is 12.9. The number of nitrogens with one attached hydrogen (secondary N) is 3. The molecule has 1 saturated carbocycles. The molecule has 9 nitrogen and oxygen atoms in total. The third kappa shape index (κ3) is 4.18. The van der Waals surface area contributed by atoms with E-state index >= 15 is 0 Å². The van der Waals surface area contributed by atoms with Crippen LogP contribution in [0.5, 0.6) is 0 Å². The number of pyridine rings is 1. The number of hydrogen-bond donors (Lipinski definition) is 3. The van der Waals surface area contributed by atoms with Crippen molar-refractivity contribution in [1.29, 1.82) is 0 Å². The normalized spacial score (nSPS) is 17.8. The summed E-state index contributed by atoms with van der Waals surface area (Å²) in [6.07, 6.45) is 4.58. The summed E-state index contributed by atoms with van der Waals surface area (Å²) >= 11 is 0. The number of amides is 5. The van der Waals surface area contributed by atoms with Gasteiger partial charge in [0.25, 0.3) is 11.8 Å². The molecular formula is C23H25N5O4. The van der Waals surface area contributed by atoms with Crippen LogP contribution in [0.15, 0.2) is 48.7 Å². The Labute approximate surface area is 185 Å². The maximum Gasteiger partial charge on any atom is 0.325 e. The Bertz CT molecular complexity index is 1050. The molecule has 2 fully saturated rings. The standard InChI is InChI=1S/C23H25N5O4/c1-15(28-21(31)23(27-22(28)32)10-3-4-11-23)19(29)26-17-9-6-7-16(13-17)20(30)25-14-18-8-2-5-12-24-18/h2,5-9,12-13,15H,3-4,10-11,14H2,1H3,(H,25,30)(H,26,29)(H,27,32). The van der Waals surface area contributed by atoms with E-state index in [-0.39, 0.29) is 18.4 Å². The smallest absolute Gasteiger partial charge is 0.325 e. The molecule has 1 aliphatic carbocycles. The Morgan fingerprint density at radius 2 is 1.94 bits per heavy atom. The van der Waals surface area contributed by atoms with Gasteiger partial charge in [0.2, 0.25) is 5.91 Å². The Kier molecular flexibility index (Phi) is 5.89. The SMILES string of the molecule is CC(C(=O)Nc1cccc(C(=O)NCc2ccccn2)c1)N1C(=O)NC2(CCCC2)C1=O. The molecule has 4 rings (SSSR count). The van der Waals surface area contributed by atoms with E-state index in [0.717, 1.165) is 23.4 Å². The highest BCUT2D eigenvalue weighted by atomic mass is 16.2. The topological polar surface area (TPSA) is 120 Å². The lowest BCUT2D eigenvalue weighted by Gasteiger charge is -2.23. The number of carbonyl (C=O) groups excluding carboxylic acids is 4. The molecule has 2 aliphatic rings. The number of carbonyl (C=O) groups is 4. The molecule has 1 aromatic carbocycles. The number of imide groups is 1. The Hall–Kier alpha value is -3.75. The van der Waals surface area contributed by atoms with Gasteiger partial charge in [0, 0.05) is 17.4 Å². The molecule has 1 spiro atoms. The van der Waals surface area contributed by atoms with Crippen LogP contribution in [-0.2, 0) is 16.1 Å². The van der Waals surface area contributed by atoms with Crippen LogP contribution in [0.1, 0.15) is 48.7 Å². The zero-order valence-electron chi connectivity index (χ0n) is 17.8. The highest BCUT2D eigenvalue weighted by Gasteiger charge is 2.54. The number of benzene rings is 1. The summed E-state index contributed by atoms with van der Waals surface area (Å²) in [7, 11) is 0. The number of urea groups is 1. The fraction of sp³-hybridized carbons (Fsp3) is 0.348. The molecular weight excluding hydrogens is 410 g/mol. The summed E-state index contributed by atoms with van der Waals surface area (Å²) < 4.78 is 0. The van der Waals surface area contributed by atoms with Gasteiger partial charge in [-0.25, -0.2) is 9.69 Å². The fourth-order valence-corrected chi connectivity index (χ4v) is 4.19. The predicted molar refractivity (Wildman–Crippen MR) is 117 cm³/mol. The second kappa shape index (κ2) is 8.78. The molecule has 1 aromatic heterocycles. The molecule has 3 N–H and O–H groups in total. The second-order valence-electron chi connectivity index (χ2n) is 8.14. The van der Waals surface area contributed by atoms with Crippen LogP contribution in [-0.4, -0.2) is 45.2 Å². The number of anilines is 1. The van der Waals surface area contributed by atoms with Crippen molar-refractivity contribution in [2.24, 2.45) is 0 Å². The summed E-state index contributed by atoms with van der Waals surface area (Å²) in [5.41, 5.74) is 0.631. The molecule has 5 amide bonds. The molecule has 166 valence electrons. The largest absolute Gasteiger partial charge is 0.346 e. The van der Waals surface area contributed by atoms with E-state index in [1.54, 1.807) is 36.5 Å². The number of hydrogen-bond acceptors (Lipinski definition) is 5. The van der Waals surface area contributed by atoms with Crippen molar-refractivity contribution in [3.8, 4) is 0 Å². The van der Waals surface area contributed by atoms with Crippen LogP contribution in [0, 0.1) is 0 Å². The monoisotopic (exact) mass is 435 g/mol. The molecule has 1 unspecified atom stereocenters. The first-order chi connectivity index (χ1) is 15.4. The minimum Gasteiger partial charge on any atom is -0.346 e. The fourth-order valence-electron chi connectivity index (χ4n) is 4.19. The van der Waals surface area contributed by atoms with Crippen molar-refractivity contribution >= 4 is 29.4 Å². The van der Waals surface area contributed by atoms with Crippen LogP contribution in [0.4, 0.5) is 10.5 Å². The quantitative estimate of drug-likeness (QED) is 0.601. The van der Waals surface area contributed by atoms with E-state index in [1.807, 2.05) is 12.1 Å². The number of rotatable bonds is 6. The third-order valence-electron chi connectivity index (χ3n) is 5.97. The van der Waals surface area contributed by atoms with E-state index in [2.05, 4.69) is 20.9 Å². The van der Waals surface area contributed by atoms with Gasteiger partial charge in [0.05, 0.1) is 12.2 Å². The zero-order chi connectivity index (χ0) is 22.7. The van der Waals surface area contributed by atoms with Crippen molar-refractivity contribution in [3.05, 3.63) is 59.9 Å². The van der Waals surface area contributed by atoms with Crippen LogP contribution in [0.3, 0.4) is 0 Å². The van der Waals surface area contributed by atoms with Crippen LogP contribution in [0.25, 0.3) is 0 Å². The first kappa shape index (κ1) is 21.5. The van der Waals surface area contributed by atoms with Crippen molar-refractivity contribution in [1.82, 2.24) is 20.5 Å². The van der Waals surface area contributed by atoms with Gasteiger partial charge in [0.15, 0.2) is 0 Å². The molecule has 9 heteroatoms. The molecule has 1 aliphatic heterocycles. The van der Waals surface area contributed by atoms with Gasteiger partial charge in [0.1, 0.15) is 11.6 Å². The highest BCUT2D eigenvalue weighted by Crippen LogP contribution is 2.35. The molecule has 0 bridgehead atoms. The zero-order valence-corrected chi connectivity index (χ0v) is 17.8. The van der Waals surface area contributed by atoms with Crippen LogP contribution >= 0.6 is 0 Å². The summed E-state index contributed by atoms with van der Waals surface area (Å²) in [5, 5.41) is 8.27. The number of nitrogens with zero attached hydrogens (tertiary/aromatic N) is 2. The van der Waals surface area contributed by atoms with E-state index in [9.17, 15) is 19.2 Å². The maximum atomic E-state index is 12.9. The first-order valence-electron chi connectivity index (χ1n) is 10.6. The summed E-state index contributed by atoms with van der Waals surface area (Å²) in [6.45, 7) is 1.80. The lowest BCUT2D eigenvalue weighted by Crippen LogP contribution is -2.48. The average Bonchev–Trinajstić information content (AvgIpc) is 3.36. The highest BCUT2D eigenvalue weighted by molar-refractivity contribution is 6.11. The lowest BCUT2D eigenvalue weighted by molar-refractivity contribution is -0.136. The Morgan fingerprint density at radius 3 is 2.66 bits per heavy atom. The predicted octanol–water partition coefficient (Wildman–Crippen LogP) is 2.20. The second-order valence-corrected chi connectivity index (χ2v) is 8.14. The van der Waals surface area contributed by atoms with Crippen molar-refractivity contribution in [2.75, 3.05) is 5.32 Å². The van der Waals surface area contributed by atoms with Crippen molar-refractivity contribution in [3.63, 3.8) is 0 Å². The molecule has 1 atom stereocenters. The minimum absolute atomic E-state index is 0.279. The van der Waals surface area contributed by atoms with Gasteiger partial charge in [-0.2, -0.15) is 0 Å². The van der Waals surface area contributed by atoms with E-state index in [4.69, 9.17) is 0 Å². The summed E-state index contributed by atoms with van der Waals surface area (Å²) in [6, 6.07) is 10.4. The van der Waals surface area contributed by atoms with E-state index in [0.29, 0.717) is 24.1 Å². The number of aromatic nitrogens is 1. The van der Waals surface area contributed by atoms with Gasteiger partial charge in [-0.1, -0.05) is 25.0 Å². The molecule has 1 saturated heterocycles. The molecule has 32 heavy (non-hydrogen) atoms. The van der Waals surface area contributed by atoms with E-state index in [1.165, 1.54) is 6.92 Å². The summed E-state index contributed by atoms with van der Waals surface area (Å²) in [4.78, 5) is 55.7. The van der Waals surface area contributed by atoms with Crippen LogP contribution < -0.4 is 16.0 Å². The van der Waals surface area contributed by atoms with E-state index < -0.39 is 23.5 Å². The van der Waals surface area contributed by atoms with Gasteiger partial charge < -0.3 is 16.0 Å². The lowest BCUT2D eigenvalue weighted by atomic mass is 9.97. The van der Waals surface area contributed by atoms with Gasteiger partial charge in [-0.3, -0.25) is 19.4 Å². The third-order valence-corrected chi connectivity index (χ3v) is 5.97. The molecule has 2 heterocycles. The molecule has 2 aromatic rings. The summed E-state index contributed by atoms with van der Waals surface area (Å²) in [5.74, 6) is -1.16. The molecule has 0 radical (unpaired) electrons. The van der Waals surface area contributed by atoms with Crippen LogP contribution in [0.2, 0.25) is 0 Å². The van der Waals surface area contributed by atoms with Crippen molar-refractivity contribution in [2.45, 2.75) is 50.7 Å². The van der Waals surface area contributed by atoms with Gasteiger partial charge >= 0.3 is 6.03 Å². The Balaban J connectivity index is 1.39. The van der Waals surface area contributed by atoms with Gasteiger partial charge in [-0.05, 0) is 50.1 Å².